The molecule has 3 heterocycles. The third-order valence-corrected chi connectivity index (χ3v) is 3.56. The Kier molecular flexibility index (Phi) is 4.74. The van der Waals surface area contributed by atoms with Crippen molar-refractivity contribution in [2.75, 3.05) is 44.7 Å². The summed E-state index contributed by atoms with van der Waals surface area (Å²) in [4.78, 5) is 25.1. The van der Waals surface area contributed by atoms with Crippen molar-refractivity contribution in [1.29, 1.82) is 0 Å². The molecule has 122 valence electrons. The molecular weight excluding hydrogens is 302 g/mol. The molecule has 1 N–H and O–H groups in total. The molecule has 1 aliphatic rings. The van der Waals surface area contributed by atoms with Crippen molar-refractivity contribution >= 4 is 11.5 Å². The Morgan fingerprint density at radius 2 is 2.17 bits per heavy atom. The van der Waals surface area contributed by atoms with Crippen LogP contribution in [0.2, 0.25) is 0 Å². The number of hydrogen-bond donors (Lipinski definition) is 1. The number of nitrogens with one attached hydrogen (secondary N) is 1. The first-order chi connectivity index (χ1) is 11.3. The Hall–Kier alpha value is -2.59. The lowest BCUT2D eigenvalue weighted by Gasteiger charge is -2.26. The second-order valence-electron chi connectivity index (χ2n) is 5.00. The molecule has 1 fully saturated rings. The monoisotopic (exact) mass is 319 g/mol. The van der Waals surface area contributed by atoms with Crippen LogP contribution in [-0.2, 0) is 4.74 Å². The van der Waals surface area contributed by atoms with Crippen molar-refractivity contribution in [2.45, 2.75) is 0 Å². The average Bonchev–Trinajstić information content (AvgIpc) is 3.10. The molecule has 1 aliphatic heterocycles. The highest BCUT2D eigenvalue weighted by molar-refractivity contribution is 5.63. The van der Waals surface area contributed by atoms with Crippen LogP contribution >= 0.6 is 0 Å². The van der Waals surface area contributed by atoms with Gasteiger partial charge in [0.25, 0.3) is 0 Å². The number of anilines is 1. The second kappa shape index (κ2) is 7.11. The van der Waals surface area contributed by atoms with Gasteiger partial charge in [-0.2, -0.15) is 0 Å². The lowest BCUT2D eigenvalue weighted by molar-refractivity contribution is -0.384. The van der Waals surface area contributed by atoms with Crippen LogP contribution in [-0.4, -0.2) is 68.7 Å². The van der Waals surface area contributed by atoms with E-state index in [1.165, 1.54) is 23.4 Å². The molecule has 0 bridgehead atoms. The van der Waals surface area contributed by atoms with Crippen LogP contribution in [0.4, 0.5) is 11.5 Å². The topological polar surface area (TPSA) is 111 Å². The lowest BCUT2D eigenvalue weighted by atomic mass is 10.4. The van der Waals surface area contributed by atoms with Gasteiger partial charge < -0.3 is 10.1 Å². The molecule has 0 unspecified atom stereocenters. The predicted molar refractivity (Wildman–Crippen MR) is 81.6 cm³/mol. The van der Waals surface area contributed by atoms with Gasteiger partial charge >= 0.3 is 5.69 Å². The second-order valence-corrected chi connectivity index (χ2v) is 5.00. The Bertz CT molecular complexity index is 656. The summed E-state index contributed by atoms with van der Waals surface area (Å²) in [5.74, 6) is 0.401. The van der Waals surface area contributed by atoms with E-state index in [9.17, 15) is 10.1 Å². The minimum absolute atomic E-state index is 0.160. The first-order valence-corrected chi connectivity index (χ1v) is 7.27. The lowest BCUT2D eigenvalue weighted by Crippen LogP contribution is -2.39. The van der Waals surface area contributed by atoms with Crippen molar-refractivity contribution in [1.82, 2.24) is 24.4 Å². The molecule has 23 heavy (non-hydrogen) atoms. The van der Waals surface area contributed by atoms with Crippen LogP contribution < -0.4 is 5.32 Å². The molecular formula is C13H17N7O3. The van der Waals surface area contributed by atoms with Crippen molar-refractivity contribution in [3.05, 3.63) is 35.2 Å². The van der Waals surface area contributed by atoms with E-state index < -0.39 is 4.92 Å². The number of hydrogen-bond acceptors (Lipinski definition) is 8. The van der Waals surface area contributed by atoms with Crippen LogP contribution in [0.5, 0.6) is 0 Å². The van der Waals surface area contributed by atoms with E-state index in [1.807, 2.05) is 0 Å². The third kappa shape index (κ3) is 3.60. The third-order valence-electron chi connectivity index (χ3n) is 3.56. The molecule has 0 atom stereocenters. The summed E-state index contributed by atoms with van der Waals surface area (Å²) >= 11 is 0. The van der Waals surface area contributed by atoms with E-state index in [4.69, 9.17) is 4.74 Å². The molecule has 2 aromatic rings. The number of nitrogens with zero attached hydrogens (tertiary/aromatic N) is 6. The highest BCUT2D eigenvalue weighted by Gasteiger charge is 2.24. The summed E-state index contributed by atoms with van der Waals surface area (Å²) in [5.41, 5.74) is -0.160. The molecule has 0 radical (unpaired) electrons. The molecule has 1 saturated heterocycles. The number of morpholine rings is 1. The van der Waals surface area contributed by atoms with Gasteiger partial charge in [-0.3, -0.25) is 19.6 Å². The van der Waals surface area contributed by atoms with E-state index in [2.05, 4.69) is 25.2 Å². The summed E-state index contributed by atoms with van der Waals surface area (Å²) < 4.78 is 6.78. The zero-order chi connectivity index (χ0) is 16.1. The number of aromatic nitrogens is 4. The summed E-state index contributed by atoms with van der Waals surface area (Å²) in [7, 11) is 0. The molecule has 0 aromatic carbocycles. The van der Waals surface area contributed by atoms with E-state index in [0.29, 0.717) is 6.54 Å². The zero-order valence-electron chi connectivity index (χ0n) is 12.5. The molecule has 0 aliphatic carbocycles. The molecule has 10 heteroatoms. The van der Waals surface area contributed by atoms with E-state index in [1.54, 1.807) is 6.20 Å². The summed E-state index contributed by atoms with van der Waals surface area (Å²) in [6, 6.07) is 0. The van der Waals surface area contributed by atoms with Gasteiger partial charge in [0, 0.05) is 38.6 Å². The summed E-state index contributed by atoms with van der Waals surface area (Å²) in [6.07, 6.45) is 5.91. The molecule has 0 spiro atoms. The van der Waals surface area contributed by atoms with Crippen molar-refractivity contribution in [3.8, 4) is 5.82 Å². The normalized spacial score (nSPS) is 15.5. The van der Waals surface area contributed by atoms with E-state index in [-0.39, 0.29) is 17.3 Å². The van der Waals surface area contributed by atoms with Crippen LogP contribution in [0, 0.1) is 10.1 Å². The first-order valence-electron chi connectivity index (χ1n) is 7.27. The SMILES string of the molecule is O=[N+]([O-])c1c(NCCN2CCOCC2)ncnc1-n1ccnc1. The Labute approximate surface area is 132 Å². The molecule has 2 aromatic heterocycles. The maximum Gasteiger partial charge on any atom is 0.354 e. The Morgan fingerprint density at radius 1 is 1.35 bits per heavy atom. The van der Waals surface area contributed by atoms with Gasteiger partial charge in [-0.25, -0.2) is 15.0 Å². The Morgan fingerprint density at radius 3 is 2.87 bits per heavy atom. The van der Waals surface area contributed by atoms with Gasteiger partial charge in [-0.05, 0) is 0 Å². The maximum absolute atomic E-state index is 11.4. The fraction of sp³-hybridized carbons (Fsp3) is 0.462. The molecule has 10 nitrogen and oxygen atoms in total. The largest absolute Gasteiger partial charge is 0.379 e. The van der Waals surface area contributed by atoms with E-state index >= 15 is 0 Å². The average molecular weight is 319 g/mol. The van der Waals surface area contributed by atoms with Crippen molar-refractivity contribution in [2.24, 2.45) is 0 Å². The van der Waals surface area contributed by atoms with Crippen LogP contribution in [0.15, 0.2) is 25.0 Å². The standard InChI is InChI=1S/C13H17N7O3/c21-20(22)11-12(15-2-3-18-5-7-23-8-6-18)16-9-17-13(11)19-4-1-14-10-19/h1,4,9-10H,2-3,5-8H2,(H,15,16,17). The fourth-order valence-corrected chi connectivity index (χ4v) is 2.40. The smallest absolute Gasteiger partial charge is 0.354 e. The number of rotatable bonds is 6. The quantitative estimate of drug-likeness (QED) is 0.598. The van der Waals surface area contributed by atoms with E-state index in [0.717, 1.165) is 32.8 Å². The van der Waals surface area contributed by atoms with Crippen LogP contribution in [0.25, 0.3) is 5.82 Å². The molecule has 0 saturated carbocycles. The summed E-state index contributed by atoms with van der Waals surface area (Å²) in [6.45, 7) is 4.50. The van der Waals surface area contributed by atoms with Crippen LogP contribution in [0.3, 0.4) is 0 Å². The molecule has 3 rings (SSSR count). The zero-order valence-corrected chi connectivity index (χ0v) is 12.5. The maximum atomic E-state index is 11.4. The number of imidazole rings is 1. The van der Waals surface area contributed by atoms with Crippen LogP contribution in [0.1, 0.15) is 0 Å². The predicted octanol–water partition coefficient (Wildman–Crippen LogP) is 0.315. The van der Waals surface area contributed by atoms with Gasteiger partial charge in [0.05, 0.1) is 18.1 Å². The minimum atomic E-state index is -0.480. The minimum Gasteiger partial charge on any atom is -0.379 e. The van der Waals surface area contributed by atoms with Gasteiger partial charge in [0.2, 0.25) is 11.6 Å². The highest BCUT2D eigenvalue weighted by Crippen LogP contribution is 2.27. The number of ether oxygens (including phenoxy) is 1. The molecule has 0 amide bonds. The van der Waals surface area contributed by atoms with Gasteiger partial charge in [-0.15, -0.1) is 0 Å². The fourth-order valence-electron chi connectivity index (χ4n) is 2.40. The van der Waals surface area contributed by atoms with Crippen molar-refractivity contribution in [3.63, 3.8) is 0 Å². The number of nitro groups is 1. The highest BCUT2D eigenvalue weighted by atomic mass is 16.6. The Balaban J connectivity index is 1.73. The van der Waals surface area contributed by atoms with Crippen molar-refractivity contribution < 1.29 is 9.66 Å². The van der Waals surface area contributed by atoms with Gasteiger partial charge in [0.15, 0.2) is 0 Å². The van der Waals surface area contributed by atoms with Gasteiger partial charge in [-0.1, -0.05) is 0 Å². The van der Waals surface area contributed by atoms with Gasteiger partial charge in [0.1, 0.15) is 12.7 Å². The summed E-state index contributed by atoms with van der Waals surface area (Å²) in [5, 5.41) is 14.5. The first kappa shape index (κ1) is 15.3.